The second-order valence-corrected chi connectivity index (χ2v) is 4.58. The molecule has 5 heteroatoms. The minimum absolute atomic E-state index is 0.305. The fourth-order valence-electron chi connectivity index (χ4n) is 2.04. The molecule has 1 aromatic rings. The van der Waals surface area contributed by atoms with Crippen LogP contribution in [0.2, 0.25) is 0 Å². The van der Waals surface area contributed by atoms with Crippen molar-refractivity contribution >= 4 is 5.97 Å². The van der Waals surface area contributed by atoms with Crippen molar-refractivity contribution in [3.63, 3.8) is 0 Å². The molecule has 0 saturated carbocycles. The summed E-state index contributed by atoms with van der Waals surface area (Å²) < 4.78 is 24.3. The number of hydrogen-bond donors (Lipinski definition) is 1. The molecule has 0 spiro atoms. The smallest absolute Gasteiger partial charge is 0.308 e. The molecular weight excluding hydrogens is 261 g/mol. The normalized spacial score (nSPS) is 13.7. The Morgan fingerprint density at radius 1 is 1.35 bits per heavy atom. The summed E-state index contributed by atoms with van der Waals surface area (Å²) in [6.45, 7) is 6.04. The first-order chi connectivity index (χ1) is 9.51. The van der Waals surface area contributed by atoms with Gasteiger partial charge in [-0.15, -0.1) is 0 Å². The summed E-state index contributed by atoms with van der Waals surface area (Å²) >= 11 is 0. The highest BCUT2D eigenvalue weighted by Gasteiger charge is 2.23. The van der Waals surface area contributed by atoms with Crippen molar-refractivity contribution in [1.29, 1.82) is 0 Å². The number of rotatable bonds is 7. The predicted octanol–water partition coefficient (Wildman–Crippen LogP) is 2.81. The topological polar surface area (TPSA) is 61.5 Å². The molecule has 20 heavy (non-hydrogen) atoms. The van der Waals surface area contributed by atoms with E-state index in [4.69, 9.17) is 15.2 Å². The third-order valence-electron chi connectivity index (χ3n) is 2.98. The van der Waals surface area contributed by atoms with E-state index in [2.05, 4.69) is 0 Å². The molecule has 0 fully saturated rings. The first kappa shape index (κ1) is 16.4. The summed E-state index contributed by atoms with van der Waals surface area (Å²) in [6.07, 6.45) is 0.305. The Kier molecular flexibility index (Phi) is 6.45. The lowest BCUT2D eigenvalue weighted by Gasteiger charge is -2.19. The Labute approximate surface area is 119 Å². The van der Waals surface area contributed by atoms with Crippen molar-refractivity contribution < 1.29 is 18.7 Å². The van der Waals surface area contributed by atoms with Gasteiger partial charge in [0.05, 0.1) is 19.1 Å². The van der Waals surface area contributed by atoms with Gasteiger partial charge >= 0.3 is 5.97 Å². The van der Waals surface area contributed by atoms with E-state index in [0.29, 0.717) is 30.9 Å². The van der Waals surface area contributed by atoms with Crippen LogP contribution >= 0.6 is 0 Å². The minimum atomic E-state index is -0.614. The highest BCUT2D eigenvalue weighted by molar-refractivity contribution is 5.72. The van der Waals surface area contributed by atoms with E-state index < -0.39 is 11.9 Å². The van der Waals surface area contributed by atoms with Gasteiger partial charge in [-0.3, -0.25) is 4.79 Å². The summed E-state index contributed by atoms with van der Waals surface area (Å²) in [5.41, 5.74) is 6.34. The quantitative estimate of drug-likeness (QED) is 0.782. The van der Waals surface area contributed by atoms with Crippen molar-refractivity contribution in [2.75, 3.05) is 13.2 Å². The highest BCUT2D eigenvalue weighted by atomic mass is 19.1. The van der Waals surface area contributed by atoms with Crippen LogP contribution in [0.4, 0.5) is 4.39 Å². The van der Waals surface area contributed by atoms with Gasteiger partial charge in [0.15, 0.2) is 0 Å². The van der Waals surface area contributed by atoms with Crippen LogP contribution in [0.1, 0.15) is 38.8 Å². The average molecular weight is 283 g/mol. The molecule has 2 unspecified atom stereocenters. The Morgan fingerprint density at radius 2 is 2.05 bits per heavy atom. The summed E-state index contributed by atoms with van der Waals surface area (Å²) in [5.74, 6) is -0.702. The molecule has 0 aromatic heterocycles. The van der Waals surface area contributed by atoms with Crippen LogP contribution < -0.4 is 10.5 Å². The number of carbonyl (C=O) groups is 1. The molecule has 2 atom stereocenters. The largest absolute Gasteiger partial charge is 0.493 e. The third kappa shape index (κ3) is 4.20. The van der Waals surface area contributed by atoms with Crippen molar-refractivity contribution in [3.8, 4) is 5.75 Å². The molecular formula is C15H22FNO3. The zero-order valence-corrected chi connectivity index (χ0v) is 12.2. The number of esters is 1. The molecule has 0 aliphatic rings. The van der Waals surface area contributed by atoms with Gasteiger partial charge < -0.3 is 15.2 Å². The van der Waals surface area contributed by atoms with E-state index in [0.717, 1.165) is 0 Å². The lowest BCUT2D eigenvalue weighted by atomic mass is 9.95. The average Bonchev–Trinajstić information content (AvgIpc) is 2.39. The van der Waals surface area contributed by atoms with Crippen LogP contribution in [-0.4, -0.2) is 19.2 Å². The zero-order valence-electron chi connectivity index (χ0n) is 12.2. The second kappa shape index (κ2) is 7.85. The van der Waals surface area contributed by atoms with E-state index >= 15 is 0 Å². The fraction of sp³-hybridized carbons (Fsp3) is 0.533. The number of hydrogen-bond acceptors (Lipinski definition) is 4. The van der Waals surface area contributed by atoms with Crippen LogP contribution in [0, 0.1) is 11.7 Å². The van der Waals surface area contributed by atoms with Gasteiger partial charge in [0.2, 0.25) is 0 Å². The van der Waals surface area contributed by atoms with Gasteiger partial charge in [0.1, 0.15) is 11.6 Å². The molecule has 0 bridgehead atoms. The molecule has 4 nitrogen and oxygen atoms in total. The first-order valence-corrected chi connectivity index (χ1v) is 6.84. The molecule has 0 radical (unpaired) electrons. The molecule has 112 valence electrons. The Morgan fingerprint density at radius 3 is 2.65 bits per heavy atom. The van der Waals surface area contributed by atoms with Crippen molar-refractivity contribution in [3.05, 3.63) is 29.6 Å². The van der Waals surface area contributed by atoms with Crippen LogP contribution in [0.15, 0.2) is 18.2 Å². The standard InChI is InChI=1S/C15H22FNO3/c1-4-19-13-8-6-7-11(16)14(13)12(17)9-10(3)15(18)20-5-2/h6-8,10,12H,4-5,9,17H2,1-3H3. The summed E-state index contributed by atoms with van der Waals surface area (Å²) in [7, 11) is 0. The molecule has 0 aliphatic heterocycles. The molecule has 2 N–H and O–H groups in total. The van der Waals surface area contributed by atoms with Crippen molar-refractivity contribution in [2.45, 2.75) is 33.2 Å². The van der Waals surface area contributed by atoms with Gasteiger partial charge in [-0.1, -0.05) is 13.0 Å². The van der Waals surface area contributed by atoms with E-state index in [1.165, 1.54) is 6.07 Å². The zero-order chi connectivity index (χ0) is 15.1. The second-order valence-electron chi connectivity index (χ2n) is 4.58. The lowest BCUT2D eigenvalue weighted by molar-refractivity contribution is -0.147. The number of benzene rings is 1. The van der Waals surface area contributed by atoms with Crippen molar-refractivity contribution in [2.24, 2.45) is 11.7 Å². The minimum Gasteiger partial charge on any atom is -0.493 e. The van der Waals surface area contributed by atoms with Crippen LogP contribution in [0.25, 0.3) is 0 Å². The van der Waals surface area contributed by atoms with Gasteiger partial charge in [-0.25, -0.2) is 4.39 Å². The van der Waals surface area contributed by atoms with Crippen LogP contribution in [0.3, 0.4) is 0 Å². The van der Waals surface area contributed by atoms with E-state index in [1.807, 2.05) is 6.92 Å². The van der Waals surface area contributed by atoms with Gasteiger partial charge in [-0.05, 0) is 32.4 Å². The maximum atomic E-state index is 13.9. The third-order valence-corrected chi connectivity index (χ3v) is 2.98. The highest BCUT2D eigenvalue weighted by Crippen LogP contribution is 2.30. The van der Waals surface area contributed by atoms with Gasteiger partial charge in [-0.2, -0.15) is 0 Å². The Hall–Kier alpha value is -1.62. The Balaban J connectivity index is 2.86. The number of ether oxygens (including phenoxy) is 2. The summed E-state index contributed by atoms with van der Waals surface area (Å²) in [6, 6.07) is 3.98. The van der Waals surface area contributed by atoms with Gasteiger partial charge in [0.25, 0.3) is 0 Å². The molecule has 0 heterocycles. The maximum Gasteiger partial charge on any atom is 0.308 e. The molecule has 0 saturated heterocycles. The SMILES string of the molecule is CCOC(=O)C(C)CC(N)c1c(F)cccc1OCC. The predicted molar refractivity (Wildman–Crippen MR) is 74.9 cm³/mol. The van der Waals surface area contributed by atoms with E-state index in [1.54, 1.807) is 26.0 Å². The van der Waals surface area contributed by atoms with Crippen molar-refractivity contribution in [1.82, 2.24) is 0 Å². The fourth-order valence-corrected chi connectivity index (χ4v) is 2.04. The van der Waals surface area contributed by atoms with E-state index in [9.17, 15) is 9.18 Å². The maximum absolute atomic E-state index is 13.9. The van der Waals surface area contributed by atoms with Gasteiger partial charge in [0, 0.05) is 11.6 Å². The number of carbonyl (C=O) groups excluding carboxylic acids is 1. The van der Waals surface area contributed by atoms with Crippen LogP contribution in [0.5, 0.6) is 5.75 Å². The number of halogens is 1. The first-order valence-electron chi connectivity index (χ1n) is 6.84. The molecule has 0 aliphatic carbocycles. The monoisotopic (exact) mass is 283 g/mol. The lowest BCUT2D eigenvalue weighted by Crippen LogP contribution is -2.22. The molecule has 1 rings (SSSR count). The summed E-state index contributed by atoms with van der Waals surface area (Å²) in [5, 5.41) is 0. The molecule has 0 amide bonds. The van der Waals surface area contributed by atoms with E-state index in [-0.39, 0.29) is 11.9 Å². The Bertz CT molecular complexity index is 451. The van der Waals surface area contributed by atoms with Crippen LogP contribution in [-0.2, 0) is 9.53 Å². The number of nitrogens with two attached hydrogens (primary N) is 1. The molecule has 1 aromatic carbocycles. The summed E-state index contributed by atoms with van der Waals surface area (Å²) in [4.78, 5) is 11.6.